The average Bonchev–Trinajstić information content (AvgIpc) is 3.02. The maximum absolute atomic E-state index is 4.40. The van der Waals surface area contributed by atoms with Crippen LogP contribution < -0.4 is 5.32 Å². The number of nitrogens with zero attached hydrogens (tertiary/aromatic N) is 4. The van der Waals surface area contributed by atoms with Gasteiger partial charge in [-0.25, -0.2) is 9.50 Å². The summed E-state index contributed by atoms with van der Waals surface area (Å²) in [7, 11) is 0. The lowest BCUT2D eigenvalue weighted by Crippen LogP contribution is -2.22. The van der Waals surface area contributed by atoms with Gasteiger partial charge in [0.05, 0.1) is 5.69 Å². The van der Waals surface area contributed by atoms with Crippen LogP contribution in [0, 0.1) is 6.92 Å². The third-order valence-electron chi connectivity index (χ3n) is 3.65. The fourth-order valence-corrected chi connectivity index (χ4v) is 2.70. The first-order valence-electron chi connectivity index (χ1n) is 7.10. The van der Waals surface area contributed by atoms with Crippen LogP contribution in [0.4, 0.5) is 5.82 Å². The van der Waals surface area contributed by atoms with E-state index in [-0.39, 0.29) is 0 Å². The van der Waals surface area contributed by atoms with Crippen molar-refractivity contribution in [3.8, 4) is 0 Å². The van der Waals surface area contributed by atoms with E-state index >= 15 is 0 Å². The number of nitrogens with one attached hydrogen (secondary N) is 1. The number of hydrogen-bond acceptors (Lipinski definition) is 4. The van der Waals surface area contributed by atoms with Gasteiger partial charge in [0.2, 0.25) is 0 Å². The third-order valence-corrected chi connectivity index (χ3v) is 3.65. The van der Waals surface area contributed by atoms with Crippen molar-refractivity contribution >= 4 is 11.3 Å². The van der Waals surface area contributed by atoms with Gasteiger partial charge in [-0.15, -0.1) is 0 Å². The van der Waals surface area contributed by atoms with Crippen LogP contribution in [0.5, 0.6) is 0 Å². The zero-order valence-electron chi connectivity index (χ0n) is 11.5. The van der Waals surface area contributed by atoms with Crippen molar-refractivity contribution in [1.82, 2.24) is 19.5 Å². The Morgan fingerprint density at radius 3 is 3.00 bits per heavy atom. The minimum atomic E-state index is 0.935. The molecule has 0 radical (unpaired) electrons. The van der Waals surface area contributed by atoms with Gasteiger partial charge in [-0.05, 0) is 51.9 Å². The number of likely N-dealkylation sites (tertiary alicyclic amines) is 1. The van der Waals surface area contributed by atoms with Gasteiger partial charge in [-0.2, -0.15) is 5.10 Å². The highest BCUT2D eigenvalue weighted by molar-refractivity contribution is 5.67. The standard InChI is InChI=1S/C14H21N5/c1-12-11-13-14(16-6-10-19(13)17-12)15-5-4-9-18-7-2-3-8-18/h6,10-11H,2-5,7-9H2,1H3,(H,15,16). The Morgan fingerprint density at radius 1 is 1.32 bits per heavy atom. The summed E-state index contributed by atoms with van der Waals surface area (Å²) in [6.45, 7) is 6.71. The lowest BCUT2D eigenvalue weighted by atomic mass is 10.3. The first-order valence-corrected chi connectivity index (χ1v) is 7.10. The first-order chi connectivity index (χ1) is 9.33. The van der Waals surface area contributed by atoms with Crippen LogP contribution in [-0.2, 0) is 0 Å². The van der Waals surface area contributed by atoms with E-state index in [1.807, 2.05) is 17.6 Å². The van der Waals surface area contributed by atoms with Gasteiger partial charge in [-0.1, -0.05) is 0 Å². The van der Waals surface area contributed by atoms with Gasteiger partial charge >= 0.3 is 0 Å². The Hall–Kier alpha value is -1.62. The van der Waals surface area contributed by atoms with Gasteiger partial charge in [0.25, 0.3) is 0 Å². The second-order valence-corrected chi connectivity index (χ2v) is 5.22. The Kier molecular flexibility index (Phi) is 3.64. The molecule has 0 amide bonds. The lowest BCUT2D eigenvalue weighted by Gasteiger charge is -2.14. The summed E-state index contributed by atoms with van der Waals surface area (Å²) >= 11 is 0. The van der Waals surface area contributed by atoms with Gasteiger partial charge in [0.1, 0.15) is 5.52 Å². The first kappa shape index (κ1) is 12.4. The Morgan fingerprint density at radius 2 is 2.16 bits per heavy atom. The van der Waals surface area contributed by atoms with Crippen molar-refractivity contribution in [2.45, 2.75) is 26.2 Å². The average molecular weight is 259 g/mol. The topological polar surface area (TPSA) is 45.5 Å². The molecule has 0 unspecified atom stereocenters. The van der Waals surface area contributed by atoms with E-state index in [1.54, 1.807) is 6.20 Å². The zero-order valence-corrected chi connectivity index (χ0v) is 11.5. The van der Waals surface area contributed by atoms with Crippen molar-refractivity contribution in [1.29, 1.82) is 0 Å². The summed E-state index contributed by atoms with van der Waals surface area (Å²) in [6, 6.07) is 2.07. The molecule has 5 heteroatoms. The van der Waals surface area contributed by atoms with Crippen molar-refractivity contribution in [3.63, 3.8) is 0 Å². The summed E-state index contributed by atoms with van der Waals surface area (Å²) in [4.78, 5) is 6.94. The third kappa shape index (κ3) is 2.87. The molecule has 1 saturated heterocycles. The van der Waals surface area contributed by atoms with E-state index in [2.05, 4.69) is 26.4 Å². The maximum atomic E-state index is 4.40. The molecule has 1 aliphatic rings. The minimum Gasteiger partial charge on any atom is -0.368 e. The predicted octanol–water partition coefficient (Wildman–Crippen LogP) is 1.94. The number of hydrogen-bond donors (Lipinski definition) is 1. The number of rotatable bonds is 5. The molecule has 0 spiro atoms. The summed E-state index contributed by atoms with van der Waals surface area (Å²) in [5, 5.41) is 7.82. The largest absolute Gasteiger partial charge is 0.368 e. The predicted molar refractivity (Wildman–Crippen MR) is 76.5 cm³/mol. The molecule has 5 nitrogen and oxygen atoms in total. The number of anilines is 1. The molecule has 0 atom stereocenters. The van der Waals surface area contributed by atoms with Gasteiger partial charge < -0.3 is 10.2 Å². The van der Waals surface area contributed by atoms with Crippen LogP contribution in [0.1, 0.15) is 25.0 Å². The normalized spacial score (nSPS) is 16.3. The zero-order chi connectivity index (χ0) is 13.1. The van der Waals surface area contributed by atoms with E-state index in [0.29, 0.717) is 0 Å². The Bertz CT molecular complexity index is 542. The van der Waals surface area contributed by atoms with E-state index in [9.17, 15) is 0 Å². The minimum absolute atomic E-state index is 0.935. The Labute approximate surface area is 113 Å². The van der Waals surface area contributed by atoms with Crippen LogP contribution in [0.25, 0.3) is 5.52 Å². The second kappa shape index (κ2) is 5.57. The van der Waals surface area contributed by atoms with E-state index in [0.717, 1.165) is 30.0 Å². The molecule has 3 rings (SSSR count). The van der Waals surface area contributed by atoms with Crippen molar-refractivity contribution in [3.05, 3.63) is 24.2 Å². The molecule has 0 bridgehead atoms. The van der Waals surface area contributed by atoms with Crippen LogP contribution in [-0.4, -0.2) is 45.7 Å². The molecule has 3 heterocycles. The van der Waals surface area contributed by atoms with Gasteiger partial charge in [0, 0.05) is 18.9 Å². The molecular formula is C14H21N5. The van der Waals surface area contributed by atoms with Crippen LogP contribution in [0.2, 0.25) is 0 Å². The molecular weight excluding hydrogens is 238 g/mol. The van der Waals surface area contributed by atoms with Crippen molar-refractivity contribution in [2.75, 3.05) is 31.5 Å². The summed E-state index contributed by atoms with van der Waals surface area (Å²) < 4.78 is 1.88. The molecule has 2 aromatic rings. The molecule has 1 fully saturated rings. The smallest absolute Gasteiger partial charge is 0.152 e. The number of fused-ring (bicyclic) bond motifs is 1. The summed E-state index contributed by atoms with van der Waals surface area (Å²) in [6.07, 6.45) is 7.57. The maximum Gasteiger partial charge on any atom is 0.152 e. The van der Waals surface area contributed by atoms with Gasteiger partial charge in [-0.3, -0.25) is 0 Å². The monoisotopic (exact) mass is 259 g/mol. The van der Waals surface area contributed by atoms with E-state index < -0.39 is 0 Å². The highest BCUT2D eigenvalue weighted by Crippen LogP contribution is 2.14. The molecule has 0 saturated carbocycles. The van der Waals surface area contributed by atoms with Crippen LogP contribution in [0.15, 0.2) is 18.5 Å². The van der Waals surface area contributed by atoms with E-state index in [1.165, 1.54) is 32.5 Å². The van der Waals surface area contributed by atoms with Crippen molar-refractivity contribution < 1.29 is 0 Å². The molecule has 2 aromatic heterocycles. The SMILES string of the molecule is Cc1cc2c(NCCCN3CCCC3)nccn2n1. The fourth-order valence-electron chi connectivity index (χ4n) is 2.70. The quantitative estimate of drug-likeness (QED) is 0.833. The fraction of sp³-hybridized carbons (Fsp3) is 0.571. The molecule has 102 valence electrons. The molecule has 0 aromatic carbocycles. The van der Waals surface area contributed by atoms with Crippen molar-refractivity contribution in [2.24, 2.45) is 0 Å². The highest BCUT2D eigenvalue weighted by atomic mass is 15.2. The van der Waals surface area contributed by atoms with E-state index in [4.69, 9.17) is 0 Å². The second-order valence-electron chi connectivity index (χ2n) is 5.22. The summed E-state index contributed by atoms with van der Waals surface area (Å²) in [5.74, 6) is 0.935. The molecule has 0 aliphatic carbocycles. The Balaban J connectivity index is 1.56. The summed E-state index contributed by atoms with van der Waals surface area (Å²) in [5.41, 5.74) is 2.08. The molecule has 19 heavy (non-hydrogen) atoms. The van der Waals surface area contributed by atoms with Crippen LogP contribution >= 0.6 is 0 Å². The number of aromatic nitrogens is 3. The molecule has 1 N–H and O–H groups in total. The molecule has 1 aliphatic heterocycles. The highest BCUT2D eigenvalue weighted by Gasteiger charge is 2.10. The van der Waals surface area contributed by atoms with Crippen LogP contribution in [0.3, 0.4) is 0 Å². The number of aryl methyl sites for hydroxylation is 1. The van der Waals surface area contributed by atoms with Gasteiger partial charge in [0.15, 0.2) is 5.82 Å². The lowest BCUT2D eigenvalue weighted by molar-refractivity contribution is 0.337.